The molecule has 0 radical (unpaired) electrons. The van der Waals surface area contributed by atoms with Crippen molar-refractivity contribution >= 4 is 23.4 Å². The van der Waals surface area contributed by atoms with Gasteiger partial charge < -0.3 is 19.9 Å². The number of nitrogens with one attached hydrogen (secondary N) is 1. The molecule has 1 unspecified atom stereocenters. The van der Waals surface area contributed by atoms with Crippen molar-refractivity contribution in [3.63, 3.8) is 0 Å². The zero-order valence-electron chi connectivity index (χ0n) is 16.4. The fourth-order valence-corrected chi connectivity index (χ4v) is 3.70. The van der Waals surface area contributed by atoms with Gasteiger partial charge in [-0.25, -0.2) is 0 Å². The highest BCUT2D eigenvalue weighted by atomic mass is 35.5. The van der Waals surface area contributed by atoms with Gasteiger partial charge in [-0.15, -0.1) is 0 Å². The average molecular weight is 409 g/mol. The minimum atomic E-state index is 0.0510. The summed E-state index contributed by atoms with van der Waals surface area (Å²) in [5.41, 5.74) is 1.06. The van der Waals surface area contributed by atoms with E-state index < -0.39 is 0 Å². The van der Waals surface area contributed by atoms with Crippen LogP contribution in [0, 0.1) is 0 Å². The van der Waals surface area contributed by atoms with Gasteiger partial charge in [0.15, 0.2) is 0 Å². The molecule has 154 valence electrons. The molecule has 0 spiro atoms. The van der Waals surface area contributed by atoms with Crippen LogP contribution < -0.4 is 5.32 Å². The third-order valence-corrected chi connectivity index (χ3v) is 5.59. The van der Waals surface area contributed by atoms with Gasteiger partial charge in [0, 0.05) is 50.3 Å². The Kier molecular flexibility index (Phi) is 7.67. The first-order chi connectivity index (χ1) is 13.5. The standard InChI is InChI=1S/C20H29ClN4O3/c1-16(17-3-2-4-18(21)13-17)22-14-19(26)24-7-5-23(6-8-24)15-20(27)25-9-11-28-12-10-25/h2-4,13,16,22H,5-12,14-15H2,1H3. The molecule has 2 fully saturated rings. The maximum atomic E-state index is 12.5. The minimum absolute atomic E-state index is 0.0510. The Balaban J connectivity index is 1.38. The lowest BCUT2D eigenvalue weighted by Gasteiger charge is -2.36. The van der Waals surface area contributed by atoms with Crippen LogP contribution in [-0.4, -0.2) is 92.1 Å². The summed E-state index contributed by atoms with van der Waals surface area (Å²) in [6.45, 7) is 8.09. The number of rotatable bonds is 6. The second-order valence-corrected chi connectivity index (χ2v) is 7.74. The van der Waals surface area contributed by atoms with Gasteiger partial charge in [0.2, 0.25) is 11.8 Å². The molecule has 0 bridgehead atoms. The van der Waals surface area contributed by atoms with Crippen LogP contribution in [0.3, 0.4) is 0 Å². The van der Waals surface area contributed by atoms with Crippen molar-refractivity contribution in [2.45, 2.75) is 13.0 Å². The van der Waals surface area contributed by atoms with Gasteiger partial charge in [-0.1, -0.05) is 23.7 Å². The smallest absolute Gasteiger partial charge is 0.236 e. The number of morpholine rings is 1. The van der Waals surface area contributed by atoms with Crippen LogP contribution in [0.2, 0.25) is 5.02 Å². The number of hydrogen-bond donors (Lipinski definition) is 1. The van der Waals surface area contributed by atoms with Gasteiger partial charge in [-0.3, -0.25) is 14.5 Å². The first-order valence-electron chi connectivity index (χ1n) is 9.87. The van der Waals surface area contributed by atoms with Crippen molar-refractivity contribution in [3.05, 3.63) is 34.9 Å². The number of nitrogens with zero attached hydrogens (tertiary/aromatic N) is 3. The first kappa shape index (κ1) is 21.0. The molecule has 2 amide bonds. The Hall–Kier alpha value is -1.67. The monoisotopic (exact) mass is 408 g/mol. The van der Waals surface area contributed by atoms with Crippen LogP contribution >= 0.6 is 11.6 Å². The Labute approximate surface area is 171 Å². The summed E-state index contributed by atoms with van der Waals surface area (Å²) in [6.07, 6.45) is 0. The SMILES string of the molecule is CC(NCC(=O)N1CCN(CC(=O)N2CCOCC2)CC1)c1cccc(Cl)c1. The average Bonchev–Trinajstić information content (AvgIpc) is 2.73. The Morgan fingerprint density at radius 1 is 1.07 bits per heavy atom. The lowest BCUT2D eigenvalue weighted by Crippen LogP contribution is -2.53. The van der Waals surface area contributed by atoms with E-state index in [1.54, 1.807) is 0 Å². The largest absolute Gasteiger partial charge is 0.378 e. The number of carbonyl (C=O) groups excluding carboxylic acids is 2. The predicted octanol–water partition coefficient (Wildman–Crippen LogP) is 0.994. The first-order valence-corrected chi connectivity index (χ1v) is 10.3. The third-order valence-electron chi connectivity index (χ3n) is 5.36. The van der Waals surface area contributed by atoms with Gasteiger partial charge in [0.1, 0.15) is 0 Å². The van der Waals surface area contributed by atoms with E-state index in [4.69, 9.17) is 16.3 Å². The highest BCUT2D eigenvalue weighted by molar-refractivity contribution is 6.30. The summed E-state index contributed by atoms with van der Waals surface area (Å²) in [4.78, 5) is 30.7. The molecule has 2 aliphatic rings. The molecule has 2 heterocycles. The number of hydrogen-bond acceptors (Lipinski definition) is 5. The molecule has 1 aromatic rings. The van der Waals surface area contributed by atoms with E-state index in [0.29, 0.717) is 57.5 Å². The normalized spacial score (nSPS) is 19.5. The topological polar surface area (TPSA) is 65.1 Å². The van der Waals surface area contributed by atoms with E-state index in [2.05, 4.69) is 10.2 Å². The maximum absolute atomic E-state index is 12.5. The highest BCUT2D eigenvalue weighted by Gasteiger charge is 2.25. The molecule has 0 aliphatic carbocycles. The Morgan fingerprint density at radius 2 is 1.75 bits per heavy atom. The van der Waals surface area contributed by atoms with Gasteiger partial charge in [0.05, 0.1) is 26.3 Å². The van der Waals surface area contributed by atoms with E-state index >= 15 is 0 Å². The molecule has 0 aromatic heterocycles. The van der Waals surface area contributed by atoms with Crippen molar-refractivity contribution < 1.29 is 14.3 Å². The van der Waals surface area contributed by atoms with Crippen LogP contribution in [0.25, 0.3) is 0 Å². The van der Waals surface area contributed by atoms with E-state index in [0.717, 1.165) is 18.7 Å². The van der Waals surface area contributed by atoms with E-state index in [1.807, 2.05) is 41.0 Å². The summed E-state index contributed by atoms with van der Waals surface area (Å²) in [6, 6.07) is 7.71. The van der Waals surface area contributed by atoms with Gasteiger partial charge >= 0.3 is 0 Å². The predicted molar refractivity (Wildman–Crippen MR) is 108 cm³/mol. The molecule has 7 nitrogen and oxygen atoms in total. The minimum Gasteiger partial charge on any atom is -0.378 e. The third kappa shape index (κ3) is 5.91. The summed E-state index contributed by atoms with van der Waals surface area (Å²) >= 11 is 6.03. The molecular weight excluding hydrogens is 380 g/mol. The lowest BCUT2D eigenvalue weighted by molar-refractivity contribution is -0.137. The van der Waals surface area contributed by atoms with E-state index in [9.17, 15) is 9.59 Å². The summed E-state index contributed by atoms with van der Waals surface area (Å²) < 4.78 is 5.29. The lowest BCUT2D eigenvalue weighted by atomic mass is 10.1. The molecule has 1 aromatic carbocycles. The molecule has 0 saturated carbocycles. The summed E-state index contributed by atoms with van der Waals surface area (Å²) in [5, 5.41) is 3.97. The van der Waals surface area contributed by atoms with Crippen molar-refractivity contribution in [1.82, 2.24) is 20.0 Å². The van der Waals surface area contributed by atoms with E-state index in [1.165, 1.54) is 0 Å². The molecule has 3 rings (SSSR count). The number of piperazine rings is 1. The summed E-state index contributed by atoms with van der Waals surface area (Å²) in [7, 11) is 0. The van der Waals surface area contributed by atoms with Crippen molar-refractivity contribution in [2.75, 3.05) is 65.6 Å². The van der Waals surface area contributed by atoms with Gasteiger partial charge in [0.25, 0.3) is 0 Å². The molecule has 28 heavy (non-hydrogen) atoms. The molecule has 8 heteroatoms. The van der Waals surface area contributed by atoms with Crippen molar-refractivity contribution in [3.8, 4) is 0 Å². The Bertz CT molecular complexity index is 673. The zero-order valence-corrected chi connectivity index (χ0v) is 17.2. The second-order valence-electron chi connectivity index (χ2n) is 7.31. The fourth-order valence-electron chi connectivity index (χ4n) is 3.51. The van der Waals surface area contributed by atoms with Gasteiger partial charge in [-0.2, -0.15) is 0 Å². The zero-order chi connectivity index (χ0) is 19.9. The molecule has 1 atom stereocenters. The number of halogens is 1. The number of carbonyl (C=O) groups is 2. The van der Waals surface area contributed by atoms with Gasteiger partial charge in [-0.05, 0) is 24.6 Å². The number of benzene rings is 1. The van der Waals surface area contributed by atoms with Crippen LogP contribution in [0.5, 0.6) is 0 Å². The highest BCUT2D eigenvalue weighted by Crippen LogP contribution is 2.17. The molecular formula is C20H29ClN4O3. The fraction of sp³-hybridized carbons (Fsp3) is 0.600. The van der Waals surface area contributed by atoms with Crippen LogP contribution in [0.15, 0.2) is 24.3 Å². The maximum Gasteiger partial charge on any atom is 0.236 e. The number of ether oxygens (including phenoxy) is 1. The molecule has 1 N–H and O–H groups in total. The number of amides is 2. The van der Waals surface area contributed by atoms with Crippen LogP contribution in [-0.2, 0) is 14.3 Å². The van der Waals surface area contributed by atoms with E-state index in [-0.39, 0.29) is 17.9 Å². The van der Waals surface area contributed by atoms with Crippen molar-refractivity contribution in [1.29, 1.82) is 0 Å². The molecule has 2 saturated heterocycles. The van der Waals surface area contributed by atoms with Crippen LogP contribution in [0.4, 0.5) is 0 Å². The summed E-state index contributed by atoms with van der Waals surface area (Å²) in [5.74, 6) is 0.244. The van der Waals surface area contributed by atoms with Crippen LogP contribution in [0.1, 0.15) is 18.5 Å². The quantitative estimate of drug-likeness (QED) is 0.760. The van der Waals surface area contributed by atoms with Crippen molar-refractivity contribution in [2.24, 2.45) is 0 Å². The molecule has 2 aliphatic heterocycles. The second kappa shape index (κ2) is 10.2. The Morgan fingerprint density at radius 3 is 2.43 bits per heavy atom.